The number of nitrogens with zero attached hydrogens (tertiary/aromatic N) is 1. The van der Waals surface area contributed by atoms with Gasteiger partial charge in [-0.1, -0.05) is 18.2 Å². The molecule has 0 saturated heterocycles. The van der Waals surface area contributed by atoms with Crippen molar-refractivity contribution in [1.29, 1.82) is 0 Å². The first-order valence-electron chi connectivity index (χ1n) is 6.95. The van der Waals surface area contributed by atoms with Crippen LogP contribution in [0.2, 0.25) is 0 Å². The highest BCUT2D eigenvalue weighted by Gasteiger charge is 2.26. The van der Waals surface area contributed by atoms with E-state index >= 15 is 0 Å². The van der Waals surface area contributed by atoms with Crippen LogP contribution in [0.4, 0.5) is 5.69 Å². The highest BCUT2D eigenvalue weighted by Crippen LogP contribution is 2.31. The van der Waals surface area contributed by atoms with Crippen LogP contribution in [0.15, 0.2) is 34.1 Å². The number of hydrogen-bond acceptors (Lipinski definition) is 3. The highest BCUT2D eigenvalue weighted by atomic mass is 79.9. The molecule has 1 unspecified atom stereocenters. The molecular formula is C16H17BrN2OS. The average molecular weight is 365 g/mol. The second-order valence-corrected chi connectivity index (χ2v) is 7.76. The van der Waals surface area contributed by atoms with Gasteiger partial charge in [-0.25, -0.2) is 0 Å². The molecule has 2 aromatic rings. The van der Waals surface area contributed by atoms with Gasteiger partial charge in [0.05, 0.1) is 8.66 Å². The minimum Gasteiger partial charge on any atom is -0.308 e. The summed E-state index contributed by atoms with van der Waals surface area (Å²) in [5.41, 5.74) is 3.29. The maximum atomic E-state index is 12.9. The van der Waals surface area contributed by atoms with Gasteiger partial charge in [0.2, 0.25) is 0 Å². The lowest BCUT2D eigenvalue weighted by Crippen LogP contribution is -2.39. The minimum absolute atomic E-state index is 0.0804. The zero-order valence-corrected chi connectivity index (χ0v) is 14.4. The lowest BCUT2D eigenvalue weighted by Gasteiger charge is -2.23. The summed E-state index contributed by atoms with van der Waals surface area (Å²) in [7, 11) is 0. The summed E-state index contributed by atoms with van der Waals surface area (Å²) in [6.45, 7) is 5.61. The van der Waals surface area contributed by atoms with Crippen molar-refractivity contribution in [2.45, 2.75) is 26.4 Å². The molecule has 110 valence electrons. The molecule has 0 spiro atoms. The van der Waals surface area contributed by atoms with Gasteiger partial charge in [0.1, 0.15) is 0 Å². The van der Waals surface area contributed by atoms with Crippen LogP contribution in [-0.2, 0) is 6.54 Å². The Morgan fingerprint density at radius 2 is 2.19 bits per heavy atom. The maximum absolute atomic E-state index is 12.9. The lowest BCUT2D eigenvalue weighted by atomic mass is 10.1. The van der Waals surface area contributed by atoms with E-state index in [-0.39, 0.29) is 11.9 Å². The summed E-state index contributed by atoms with van der Waals surface area (Å²) in [5.74, 6) is 0.0804. The maximum Gasteiger partial charge on any atom is 0.268 e. The SMILES string of the molecule is Cc1cc(C(=O)N2CC(C)NCc3ccccc32)sc1Br. The smallest absolute Gasteiger partial charge is 0.268 e. The van der Waals surface area contributed by atoms with Gasteiger partial charge in [-0.15, -0.1) is 11.3 Å². The molecule has 5 heteroatoms. The van der Waals surface area contributed by atoms with Gasteiger partial charge in [0.15, 0.2) is 0 Å². The number of anilines is 1. The molecular weight excluding hydrogens is 348 g/mol. The van der Waals surface area contributed by atoms with Crippen molar-refractivity contribution in [2.24, 2.45) is 0 Å². The number of aryl methyl sites for hydroxylation is 1. The number of carbonyl (C=O) groups is 1. The van der Waals surface area contributed by atoms with Crippen molar-refractivity contribution in [1.82, 2.24) is 5.32 Å². The molecule has 3 nitrogen and oxygen atoms in total. The predicted octanol–water partition coefficient (Wildman–Crippen LogP) is 3.96. The van der Waals surface area contributed by atoms with Crippen LogP contribution in [0.3, 0.4) is 0 Å². The van der Waals surface area contributed by atoms with Crippen molar-refractivity contribution < 1.29 is 4.79 Å². The molecule has 0 aliphatic carbocycles. The molecule has 1 N–H and O–H groups in total. The first kappa shape index (κ1) is 14.8. The van der Waals surface area contributed by atoms with Gasteiger partial charge < -0.3 is 10.2 Å². The molecule has 0 bridgehead atoms. The molecule has 0 fully saturated rings. The van der Waals surface area contributed by atoms with Gasteiger partial charge in [-0.2, -0.15) is 0 Å². The van der Waals surface area contributed by atoms with Crippen LogP contribution >= 0.6 is 27.3 Å². The fraction of sp³-hybridized carbons (Fsp3) is 0.312. The van der Waals surface area contributed by atoms with Crippen LogP contribution in [0.5, 0.6) is 0 Å². The van der Waals surface area contributed by atoms with E-state index < -0.39 is 0 Å². The first-order valence-corrected chi connectivity index (χ1v) is 8.56. The highest BCUT2D eigenvalue weighted by molar-refractivity contribution is 9.11. The summed E-state index contributed by atoms with van der Waals surface area (Å²) in [6, 6.07) is 10.3. The molecule has 1 amide bonds. The number of amides is 1. The van der Waals surface area contributed by atoms with Gasteiger partial charge in [-0.3, -0.25) is 4.79 Å². The van der Waals surface area contributed by atoms with Crippen LogP contribution < -0.4 is 10.2 Å². The second kappa shape index (κ2) is 5.91. The van der Waals surface area contributed by atoms with Crippen molar-refractivity contribution in [3.8, 4) is 0 Å². The van der Waals surface area contributed by atoms with E-state index in [1.165, 1.54) is 16.9 Å². The fourth-order valence-corrected chi connectivity index (χ4v) is 4.02. The zero-order chi connectivity index (χ0) is 15.0. The third-order valence-corrected chi connectivity index (χ3v) is 5.82. The molecule has 0 radical (unpaired) electrons. The van der Waals surface area contributed by atoms with Gasteiger partial charge >= 0.3 is 0 Å². The number of para-hydroxylation sites is 1. The van der Waals surface area contributed by atoms with Crippen LogP contribution in [0.1, 0.15) is 27.7 Å². The van der Waals surface area contributed by atoms with E-state index in [4.69, 9.17) is 0 Å². The number of hydrogen-bond donors (Lipinski definition) is 1. The Labute approximate surface area is 137 Å². The van der Waals surface area contributed by atoms with E-state index in [0.717, 1.165) is 26.5 Å². The van der Waals surface area contributed by atoms with Gasteiger partial charge in [0.25, 0.3) is 5.91 Å². The molecule has 1 aromatic carbocycles. The van der Waals surface area contributed by atoms with E-state index in [9.17, 15) is 4.79 Å². The molecule has 21 heavy (non-hydrogen) atoms. The first-order chi connectivity index (χ1) is 10.1. The molecule has 3 rings (SSSR count). The van der Waals surface area contributed by atoms with E-state index in [0.29, 0.717) is 6.54 Å². The summed E-state index contributed by atoms with van der Waals surface area (Å²) in [5, 5.41) is 3.45. The lowest BCUT2D eigenvalue weighted by molar-refractivity contribution is 0.0989. The Morgan fingerprint density at radius 3 is 2.90 bits per heavy atom. The molecule has 1 atom stereocenters. The number of rotatable bonds is 1. The quantitative estimate of drug-likeness (QED) is 0.830. The third kappa shape index (κ3) is 2.91. The molecule has 1 aliphatic rings. The Kier molecular flexibility index (Phi) is 4.15. The second-order valence-electron chi connectivity index (χ2n) is 5.39. The number of benzene rings is 1. The van der Waals surface area contributed by atoms with Crippen molar-refractivity contribution in [2.75, 3.05) is 11.4 Å². The molecule has 0 saturated carbocycles. The standard InChI is InChI=1S/C16H17BrN2OS/c1-10-7-14(21-15(10)17)16(20)19-9-11(2)18-8-12-5-3-4-6-13(12)19/h3-7,11,18H,8-9H2,1-2H3. The van der Waals surface area contributed by atoms with Gasteiger partial charge in [0, 0.05) is 24.8 Å². The summed E-state index contributed by atoms with van der Waals surface area (Å²) >= 11 is 5.01. The van der Waals surface area contributed by atoms with E-state index in [1.807, 2.05) is 36.1 Å². The molecule has 2 heterocycles. The number of fused-ring (bicyclic) bond motifs is 1. The van der Waals surface area contributed by atoms with Crippen molar-refractivity contribution >= 4 is 38.9 Å². The minimum atomic E-state index is 0.0804. The molecule has 1 aliphatic heterocycles. The average Bonchev–Trinajstić information content (AvgIpc) is 2.72. The van der Waals surface area contributed by atoms with Crippen LogP contribution in [-0.4, -0.2) is 18.5 Å². The number of nitrogens with one attached hydrogen (secondary N) is 1. The number of carbonyl (C=O) groups excluding carboxylic acids is 1. The van der Waals surface area contributed by atoms with Crippen molar-refractivity contribution in [3.63, 3.8) is 0 Å². The Balaban J connectivity index is 2.01. The topological polar surface area (TPSA) is 32.3 Å². The Bertz CT molecular complexity index is 663. The Hall–Kier alpha value is -1.17. The zero-order valence-electron chi connectivity index (χ0n) is 12.0. The molecule has 1 aromatic heterocycles. The largest absolute Gasteiger partial charge is 0.308 e. The number of thiophene rings is 1. The van der Waals surface area contributed by atoms with E-state index in [2.05, 4.69) is 34.2 Å². The third-order valence-electron chi connectivity index (χ3n) is 3.69. The van der Waals surface area contributed by atoms with Crippen LogP contribution in [0, 0.1) is 6.92 Å². The summed E-state index contributed by atoms with van der Waals surface area (Å²) in [6.07, 6.45) is 0. The monoisotopic (exact) mass is 364 g/mol. The predicted molar refractivity (Wildman–Crippen MR) is 91.2 cm³/mol. The normalized spacial score (nSPS) is 18.2. The summed E-state index contributed by atoms with van der Waals surface area (Å²) < 4.78 is 1.03. The number of halogens is 1. The summed E-state index contributed by atoms with van der Waals surface area (Å²) in [4.78, 5) is 15.6. The van der Waals surface area contributed by atoms with E-state index in [1.54, 1.807) is 0 Å². The van der Waals surface area contributed by atoms with Crippen LogP contribution in [0.25, 0.3) is 0 Å². The van der Waals surface area contributed by atoms with Crippen molar-refractivity contribution in [3.05, 3.63) is 50.1 Å². The van der Waals surface area contributed by atoms with Gasteiger partial charge in [-0.05, 0) is 53.0 Å². The fourth-order valence-electron chi connectivity index (χ4n) is 2.54. The Morgan fingerprint density at radius 1 is 1.43 bits per heavy atom.